The quantitative estimate of drug-likeness (QED) is 0.792. The van der Waals surface area contributed by atoms with Crippen molar-refractivity contribution in [1.29, 1.82) is 0 Å². The van der Waals surface area contributed by atoms with Crippen molar-refractivity contribution >= 4 is 11.8 Å². The SMILES string of the molecule is CC(=O)N1CCN(C(C)=O)C2(c3ccccc3)OC12c1ccccc1. The number of hydrogen-bond acceptors (Lipinski definition) is 3. The zero-order chi connectivity index (χ0) is 17.7. The standard InChI is InChI=1S/C20H20N2O3/c1-15(23)21-13-14-22(16(2)24)20(18-11-7-4-8-12-18)19(21,25-20)17-9-5-3-6-10-17/h3-12H,13-14H2,1-2H3. The van der Waals surface area contributed by atoms with Gasteiger partial charge in [-0.25, -0.2) is 0 Å². The smallest absolute Gasteiger partial charge is 0.226 e. The van der Waals surface area contributed by atoms with Crippen LogP contribution in [0.2, 0.25) is 0 Å². The Morgan fingerprint density at radius 1 is 0.760 bits per heavy atom. The first-order valence-electron chi connectivity index (χ1n) is 8.41. The lowest BCUT2D eigenvalue weighted by molar-refractivity contribution is -0.146. The number of carbonyl (C=O) groups excluding carboxylic acids is 2. The molecule has 25 heavy (non-hydrogen) atoms. The van der Waals surface area contributed by atoms with Gasteiger partial charge in [0.25, 0.3) is 0 Å². The lowest BCUT2D eigenvalue weighted by atomic mass is 9.88. The second kappa shape index (κ2) is 5.43. The number of piperazine rings is 1. The van der Waals surface area contributed by atoms with Crippen LogP contribution in [0.1, 0.15) is 25.0 Å². The lowest BCUT2D eigenvalue weighted by Gasteiger charge is -2.42. The van der Waals surface area contributed by atoms with E-state index < -0.39 is 11.4 Å². The van der Waals surface area contributed by atoms with Crippen LogP contribution < -0.4 is 0 Å². The fourth-order valence-electron chi connectivity index (χ4n) is 4.09. The third-order valence-corrected chi connectivity index (χ3v) is 5.11. The first-order valence-corrected chi connectivity index (χ1v) is 8.41. The summed E-state index contributed by atoms with van der Waals surface area (Å²) in [5.74, 6) is -0.130. The average Bonchev–Trinajstić information content (AvgIpc) is 3.34. The highest BCUT2D eigenvalue weighted by molar-refractivity contribution is 5.79. The Kier molecular flexibility index (Phi) is 3.44. The van der Waals surface area contributed by atoms with E-state index in [2.05, 4.69) is 0 Å². The molecule has 128 valence electrons. The molecule has 4 rings (SSSR count). The Bertz CT molecular complexity index is 754. The van der Waals surface area contributed by atoms with Crippen LogP contribution in [-0.4, -0.2) is 34.7 Å². The lowest BCUT2D eigenvalue weighted by Crippen LogP contribution is -2.59. The Balaban J connectivity index is 1.96. The van der Waals surface area contributed by atoms with Gasteiger partial charge in [-0.15, -0.1) is 0 Å². The van der Waals surface area contributed by atoms with Gasteiger partial charge in [-0.3, -0.25) is 9.59 Å². The third kappa shape index (κ3) is 1.99. The van der Waals surface area contributed by atoms with E-state index in [1.807, 2.05) is 60.7 Å². The molecular formula is C20H20N2O3. The number of carbonyl (C=O) groups is 2. The van der Waals surface area contributed by atoms with Crippen molar-refractivity contribution in [2.45, 2.75) is 25.3 Å². The van der Waals surface area contributed by atoms with Crippen LogP contribution in [0.25, 0.3) is 0 Å². The van der Waals surface area contributed by atoms with E-state index in [4.69, 9.17) is 4.74 Å². The van der Waals surface area contributed by atoms with Crippen molar-refractivity contribution in [1.82, 2.24) is 9.80 Å². The van der Waals surface area contributed by atoms with Crippen LogP contribution in [-0.2, 0) is 25.8 Å². The fourth-order valence-corrected chi connectivity index (χ4v) is 4.09. The number of benzene rings is 2. The van der Waals surface area contributed by atoms with Crippen molar-refractivity contribution in [2.75, 3.05) is 13.1 Å². The van der Waals surface area contributed by atoms with E-state index in [9.17, 15) is 9.59 Å². The van der Waals surface area contributed by atoms with Gasteiger partial charge >= 0.3 is 0 Å². The average molecular weight is 336 g/mol. The Morgan fingerprint density at radius 3 is 1.44 bits per heavy atom. The zero-order valence-electron chi connectivity index (χ0n) is 14.3. The first kappa shape index (κ1) is 15.8. The van der Waals surface area contributed by atoms with Crippen LogP contribution in [0.4, 0.5) is 0 Å². The summed E-state index contributed by atoms with van der Waals surface area (Å²) in [7, 11) is 0. The van der Waals surface area contributed by atoms with E-state index in [-0.39, 0.29) is 11.8 Å². The van der Waals surface area contributed by atoms with Crippen molar-refractivity contribution in [3.8, 4) is 0 Å². The van der Waals surface area contributed by atoms with E-state index in [0.29, 0.717) is 13.1 Å². The van der Waals surface area contributed by atoms with Crippen molar-refractivity contribution in [3.05, 3.63) is 71.8 Å². The largest absolute Gasteiger partial charge is 0.310 e. The molecule has 0 N–H and O–H groups in total. The molecule has 2 aliphatic heterocycles. The molecule has 5 heteroatoms. The molecule has 2 saturated heterocycles. The summed E-state index contributed by atoms with van der Waals surface area (Å²) in [6.45, 7) is 3.98. The minimum Gasteiger partial charge on any atom is -0.310 e. The maximum atomic E-state index is 12.4. The molecule has 0 aliphatic carbocycles. The third-order valence-electron chi connectivity index (χ3n) is 5.11. The molecule has 0 radical (unpaired) electrons. The second-order valence-corrected chi connectivity index (χ2v) is 6.46. The van der Waals surface area contributed by atoms with Gasteiger partial charge in [-0.05, 0) is 0 Å². The van der Waals surface area contributed by atoms with Gasteiger partial charge < -0.3 is 14.5 Å². The maximum Gasteiger partial charge on any atom is 0.226 e. The summed E-state index contributed by atoms with van der Waals surface area (Å²) < 4.78 is 6.38. The molecule has 2 aromatic carbocycles. The summed E-state index contributed by atoms with van der Waals surface area (Å²) in [4.78, 5) is 28.3. The van der Waals surface area contributed by atoms with Gasteiger partial charge in [-0.2, -0.15) is 0 Å². The second-order valence-electron chi connectivity index (χ2n) is 6.46. The topological polar surface area (TPSA) is 53.2 Å². The molecule has 2 aliphatic rings. The molecule has 0 spiro atoms. The van der Waals surface area contributed by atoms with Crippen molar-refractivity contribution < 1.29 is 14.3 Å². The molecule has 2 fully saturated rings. The van der Waals surface area contributed by atoms with E-state index in [1.165, 1.54) is 0 Å². The summed E-state index contributed by atoms with van der Waals surface area (Å²) in [5, 5.41) is 0. The number of amides is 2. The van der Waals surface area contributed by atoms with Crippen LogP contribution >= 0.6 is 0 Å². The highest BCUT2D eigenvalue weighted by Crippen LogP contribution is 2.67. The molecule has 2 heterocycles. The van der Waals surface area contributed by atoms with Gasteiger partial charge in [0.1, 0.15) is 0 Å². The van der Waals surface area contributed by atoms with E-state index in [1.54, 1.807) is 23.6 Å². The molecule has 0 saturated carbocycles. The monoisotopic (exact) mass is 336 g/mol. The summed E-state index contributed by atoms with van der Waals surface area (Å²) >= 11 is 0. The summed E-state index contributed by atoms with van der Waals surface area (Å²) in [6, 6.07) is 19.3. The van der Waals surface area contributed by atoms with Gasteiger partial charge in [-0.1, -0.05) is 60.7 Å². The van der Waals surface area contributed by atoms with Gasteiger partial charge in [0.05, 0.1) is 0 Å². The number of epoxide rings is 1. The highest BCUT2D eigenvalue weighted by Gasteiger charge is 2.81. The van der Waals surface area contributed by atoms with Crippen LogP contribution in [0.3, 0.4) is 0 Å². The molecule has 5 nitrogen and oxygen atoms in total. The first-order chi connectivity index (χ1) is 12.0. The molecule has 2 atom stereocenters. The van der Waals surface area contributed by atoms with Gasteiger partial charge in [0, 0.05) is 38.1 Å². The minimum absolute atomic E-state index is 0.0649. The molecule has 0 bridgehead atoms. The van der Waals surface area contributed by atoms with E-state index in [0.717, 1.165) is 11.1 Å². The highest BCUT2D eigenvalue weighted by atomic mass is 16.7. The minimum atomic E-state index is -0.981. The summed E-state index contributed by atoms with van der Waals surface area (Å²) in [5.41, 5.74) is -0.212. The predicted octanol–water partition coefficient (Wildman–Crippen LogP) is 2.43. The molecule has 2 aromatic rings. The van der Waals surface area contributed by atoms with E-state index >= 15 is 0 Å². The number of fused-ring (bicyclic) bond motifs is 1. The van der Waals surface area contributed by atoms with Gasteiger partial charge in [0.15, 0.2) is 0 Å². The molecule has 2 amide bonds. The van der Waals surface area contributed by atoms with Crippen LogP contribution in [0.5, 0.6) is 0 Å². The normalized spacial score (nSPS) is 27.6. The van der Waals surface area contributed by atoms with Crippen molar-refractivity contribution in [3.63, 3.8) is 0 Å². The van der Waals surface area contributed by atoms with Crippen LogP contribution in [0.15, 0.2) is 60.7 Å². The van der Waals surface area contributed by atoms with Crippen molar-refractivity contribution in [2.24, 2.45) is 0 Å². The Labute approximate surface area is 146 Å². The molecular weight excluding hydrogens is 316 g/mol. The Morgan fingerprint density at radius 2 is 1.12 bits per heavy atom. The number of rotatable bonds is 2. The maximum absolute atomic E-state index is 12.4. The number of ether oxygens (including phenoxy) is 1. The zero-order valence-corrected chi connectivity index (χ0v) is 14.3. The number of hydrogen-bond donors (Lipinski definition) is 0. The summed E-state index contributed by atoms with van der Waals surface area (Å²) in [6.07, 6.45) is 0. The Hall–Kier alpha value is -2.66. The fraction of sp³-hybridized carbons (Fsp3) is 0.300. The van der Waals surface area contributed by atoms with Crippen LogP contribution in [0, 0.1) is 0 Å². The van der Waals surface area contributed by atoms with Gasteiger partial charge in [0.2, 0.25) is 23.3 Å². The molecule has 2 unspecified atom stereocenters. The molecule has 0 aromatic heterocycles. The number of nitrogens with zero attached hydrogens (tertiary/aromatic N) is 2. The predicted molar refractivity (Wildman–Crippen MR) is 92.1 cm³/mol.